The first-order valence-corrected chi connectivity index (χ1v) is 15.6. The molecule has 0 saturated heterocycles. The van der Waals surface area contributed by atoms with E-state index in [1.54, 1.807) is 6.07 Å². The first-order valence-electron chi connectivity index (χ1n) is 13.9. The molecule has 0 aliphatic carbocycles. The number of aryl methyl sites for hydroxylation is 2. The van der Waals surface area contributed by atoms with Gasteiger partial charge in [0.1, 0.15) is 6.54 Å². The number of allylic oxidation sites excluding steroid dienone is 6. The summed E-state index contributed by atoms with van der Waals surface area (Å²) in [6, 6.07) is 19.2. The van der Waals surface area contributed by atoms with Gasteiger partial charge in [-0.05, 0) is 68.0 Å². The van der Waals surface area contributed by atoms with Crippen molar-refractivity contribution in [2.24, 2.45) is 0 Å². The predicted molar refractivity (Wildman–Crippen MR) is 169 cm³/mol. The van der Waals surface area contributed by atoms with Gasteiger partial charge in [-0.25, -0.2) is 0 Å². The average Bonchev–Trinajstić information content (AvgIpc) is 3.53. The molecule has 5 aromatic rings. The van der Waals surface area contributed by atoms with Crippen molar-refractivity contribution in [1.29, 1.82) is 0 Å². The lowest BCUT2D eigenvalue weighted by molar-refractivity contribution is -0.674. The van der Waals surface area contributed by atoms with E-state index in [-0.39, 0.29) is 5.30 Å². The van der Waals surface area contributed by atoms with Crippen LogP contribution in [0.15, 0.2) is 107 Å². The molecule has 8 heteroatoms. The van der Waals surface area contributed by atoms with Crippen LogP contribution in [0.4, 0.5) is 5.69 Å². The lowest BCUT2D eigenvalue weighted by atomic mass is 10.1. The molecule has 2 heterocycles. The van der Waals surface area contributed by atoms with Crippen molar-refractivity contribution in [2.75, 3.05) is 11.4 Å². The van der Waals surface area contributed by atoms with Gasteiger partial charge in [0.2, 0.25) is 11.5 Å². The van der Waals surface area contributed by atoms with E-state index in [9.17, 15) is 14.4 Å². The molecule has 1 aromatic heterocycles. The second-order valence-corrected chi connectivity index (χ2v) is 11.8. The first kappa shape index (κ1) is 27.7. The second kappa shape index (κ2) is 11.1. The van der Waals surface area contributed by atoms with Crippen LogP contribution < -0.4 is 19.5 Å². The van der Waals surface area contributed by atoms with Gasteiger partial charge in [-0.15, -0.1) is 0 Å². The Bertz CT molecular complexity index is 2010. The van der Waals surface area contributed by atoms with Gasteiger partial charge in [0.05, 0.1) is 17.1 Å². The van der Waals surface area contributed by atoms with Gasteiger partial charge in [-0.2, -0.15) is 4.57 Å². The Labute approximate surface area is 244 Å². The van der Waals surface area contributed by atoms with Crippen LogP contribution in [0.1, 0.15) is 25.3 Å². The van der Waals surface area contributed by atoms with Crippen LogP contribution in [0, 0.1) is 6.92 Å². The van der Waals surface area contributed by atoms with Crippen molar-refractivity contribution in [1.82, 2.24) is 0 Å². The predicted octanol–water partition coefficient (Wildman–Crippen LogP) is 7.04. The number of oxazole rings is 1. The van der Waals surface area contributed by atoms with Crippen LogP contribution in [-0.4, -0.2) is 16.3 Å². The van der Waals surface area contributed by atoms with Gasteiger partial charge in [-0.3, -0.25) is 4.57 Å². The van der Waals surface area contributed by atoms with Gasteiger partial charge in [0.15, 0.2) is 5.75 Å². The van der Waals surface area contributed by atoms with Gasteiger partial charge < -0.3 is 23.8 Å². The molecule has 0 radical (unpaired) electrons. The largest absolute Gasteiger partial charge is 0.438 e. The molecule has 0 spiro atoms. The molecule has 1 aliphatic heterocycles. The SMILES string of the molecule is CCN1/C(=C/C=C/C=C/C=C/c2oc3c4ccc(C)cc4ccc3[n+]2CC)Oc2c1ccc1cc(P(=O)(O)O)ccc21. The summed E-state index contributed by atoms with van der Waals surface area (Å²) in [6.07, 6.45) is 13.6. The van der Waals surface area contributed by atoms with Crippen molar-refractivity contribution in [3.05, 3.63) is 114 Å². The molecule has 0 unspecified atom stereocenters. The van der Waals surface area contributed by atoms with Crippen molar-refractivity contribution in [2.45, 2.75) is 27.3 Å². The monoisotopic (exact) mass is 579 g/mol. The molecule has 0 saturated carbocycles. The van der Waals surface area contributed by atoms with Crippen molar-refractivity contribution >= 4 is 57.3 Å². The standard InChI is InChI=1S/C34H31N2O5P/c1-4-35-29-19-14-24-21-23(3)13-17-27(24)33(29)40-31(35)11-9-7-6-8-10-12-32-36(5-2)30-20-15-25-22-26(42(37,38)39)16-18-28(25)34(30)41-32/h6-22H,4-5H2,1-3H3,(H-,37,38,39)/p+1. The Balaban J connectivity index is 1.19. The Morgan fingerprint density at radius 2 is 1.62 bits per heavy atom. The molecule has 4 aromatic carbocycles. The molecule has 0 bridgehead atoms. The van der Waals surface area contributed by atoms with E-state index in [1.807, 2.05) is 61.6 Å². The second-order valence-electron chi connectivity index (χ2n) is 10.2. The minimum atomic E-state index is -4.33. The minimum Gasteiger partial charge on any atom is -0.438 e. The summed E-state index contributed by atoms with van der Waals surface area (Å²) >= 11 is 0. The summed E-state index contributed by atoms with van der Waals surface area (Å²) in [5.41, 5.74) is 4.13. The quantitative estimate of drug-likeness (QED) is 0.122. The van der Waals surface area contributed by atoms with Crippen molar-refractivity contribution in [3.63, 3.8) is 0 Å². The fraction of sp³-hybridized carbons (Fsp3) is 0.147. The van der Waals surface area contributed by atoms with Crippen LogP contribution in [0.3, 0.4) is 0 Å². The molecule has 212 valence electrons. The third kappa shape index (κ3) is 5.07. The average molecular weight is 580 g/mol. The Kier molecular flexibility index (Phi) is 7.33. The Hall–Kier alpha value is -4.42. The number of rotatable bonds is 7. The number of benzene rings is 4. The van der Waals surface area contributed by atoms with Crippen LogP contribution in [-0.2, 0) is 11.1 Å². The summed E-state index contributed by atoms with van der Waals surface area (Å²) in [5.74, 6) is 2.17. The molecule has 42 heavy (non-hydrogen) atoms. The molecular formula is C34H32N2O5P+. The van der Waals surface area contributed by atoms with E-state index in [1.165, 1.54) is 23.1 Å². The van der Waals surface area contributed by atoms with Crippen molar-refractivity contribution < 1.29 is 28.1 Å². The van der Waals surface area contributed by atoms with E-state index in [4.69, 9.17) is 9.15 Å². The van der Waals surface area contributed by atoms with Gasteiger partial charge in [0.25, 0.3) is 5.52 Å². The molecule has 0 amide bonds. The van der Waals surface area contributed by atoms with E-state index in [2.05, 4.69) is 53.6 Å². The third-order valence-electron chi connectivity index (χ3n) is 7.46. The lowest BCUT2D eigenvalue weighted by Gasteiger charge is -2.15. The number of anilines is 1. The minimum absolute atomic E-state index is 0.00627. The molecule has 7 nitrogen and oxygen atoms in total. The van der Waals surface area contributed by atoms with Crippen LogP contribution in [0.2, 0.25) is 0 Å². The highest BCUT2D eigenvalue weighted by Gasteiger charge is 2.27. The smallest absolute Gasteiger partial charge is 0.374 e. The summed E-state index contributed by atoms with van der Waals surface area (Å²) in [6.45, 7) is 7.77. The van der Waals surface area contributed by atoms with Crippen molar-refractivity contribution in [3.8, 4) is 5.75 Å². The summed E-state index contributed by atoms with van der Waals surface area (Å²) in [7, 11) is -4.33. The maximum absolute atomic E-state index is 11.7. The summed E-state index contributed by atoms with van der Waals surface area (Å²) in [4.78, 5) is 21.1. The highest BCUT2D eigenvalue weighted by molar-refractivity contribution is 7.60. The number of fused-ring (bicyclic) bond motifs is 6. The lowest BCUT2D eigenvalue weighted by Crippen LogP contribution is -2.33. The van der Waals surface area contributed by atoms with E-state index >= 15 is 0 Å². The fourth-order valence-corrected chi connectivity index (χ4v) is 6.01. The van der Waals surface area contributed by atoms with Crippen LogP contribution in [0.25, 0.3) is 38.7 Å². The summed E-state index contributed by atoms with van der Waals surface area (Å²) in [5, 5.41) is 3.80. The van der Waals surface area contributed by atoms with Crippen LogP contribution in [0.5, 0.6) is 5.75 Å². The molecule has 1 aliphatic rings. The molecule has 0 fully saturated rings. The molecular weight excluding hydrogens is 547 g/mol. The van der Waals surface area contributed by atoms with E-state index in [0.717, 1.165) is 40.0 Å². The third-order valence-corrected chi connectivity index (χ3v) is 8.41. The molecule has 0 atom stereocenters. The van der Waals surface area contributed by atoms with E-state index < -0.39 is 7.60 Å². The highest BCUT2D eigenvalue weighted by atomic mass is 31.2. The maximum Gasteiger partial charge on any atom is 0.374 e. The van der Waals surface area contributed by atoms with E-state index in [0.29, 0.717) is 23.6 Å². The highest BCUT2D eigenvalue weighted by Crippen LogP contribution is 2.45. The maximum atomic E-state index is 11.7. The van der Waals surface area contributed by atoms with Gasteiger partial charge >= 0.3 is 13.5 Å². The first-order chi connectivity index (χ1) is 20.3. The normalized spacial score (nSPS) is 15.0. The van der Waals surface area contributed by atoms with Crippen LogP contribution >= 0.6 is 7.60 Å². The zero-order chi connectivity index (χ0) is 29.4. The molecule has 2 N–H and O–H groups in total. The number of aromatic nitrogens is 1. The topological polar surface area (TPSA) is 87.0 Å². The zero-order valence-electron chi connectivity index (χ0n) is 23.7. The summed E-state index contributed by atoms with van der Waals surface area (Å²) < 4.78 is 26.4. The fourth-order valence-electron chi connectivity index (χ4n) is 5.43. The number of hydrogen-bond donors (Lipinski definition) is 2. The Morgan fingerprint density at radius 1 is 0.881 bits per heavy atom. The zero-order valence-corrected chi connectivity index (χ0v) is 24.6. The number of hydrogen-bond acceptors (Lipinski definition) is 4. The molecule has 6 rings (SSSR count). The Morgan fingerprint density at radius 3 is 2.40 bits per heavy atom. The number of nitrogens with zero attached hydrogens (tertiary/aromatic N) is 2. The number of ether oxygens (including phenoxy) is 1. The van der Waals surface area contributed by atoms with Gasteiger partial charge in [-0.1, -0.05) is 60.2 Å². The van der Waals surface area contributed by atoms with Gasteiger partial charge in [0, 0.05) is 23.4 Å².